The van der Waals surface area contributed by atoms with Crippen molar-refractivity contribution in [3.8, 4) is 17.3 Å². The molecule has 4 N–H and O–H groups in total. The molecule has 0 aliphatic rings. The van der Waals surface area contributed by atoms with Gasteiger partial charge in [-0.1, -0.05) is 5.21 Å². The Hall–Kier alpha value is -3.76. The second-order valence-electron chi connectivity index (χ2n) is 5.08. The Morgan fingerprint density at radius 3 is 2.80 bits per heavy atom. The lowest BCUT2D eigenvalue weighted by atomic mass is 10.2. The highest BCUT2D eigenvalue weighted by Gasteiger charge is 2.17. The first-order valence-electron chi connectivity index (χ1n) is 7.08. The van der Waals surface area contributed by atoms with Gasteiger partial charge in [-0.05, 0) is 36.3 Å². The SMILES string of the molecule is CC(=N/N=C/c1ccc(O)cc1O)c1nnn(-c2nonc2N)c1C. The third-order valence-electron chi connectivity index (χ3n) is 3.35. The van der Waals surface area contributed by atoms with Gasteiger partial charge >= 0.3 is 0 Å². The van der Waals surface area contributed by atoms with Crippen LogP contribution < -0.4 is 5.73 Å². The van der Waals surface area contributed by atoms with Crippen LogP contribution in [0.15, 0.2) is 33.0 Å². The second-order valence-corrected chi connectivity index (χ2v) is 5.08. The summed E-state index contributed by atoms with van der Waals surface area (Å²) >= 11 is 0. The molecule has 2 heterocycles. The van der Waals surface area contributed by atoms with Crippen molar-refractivity contribution in [3.05, 3.63) is 35.2 Å². The van der Waals surface area contributed by atoms with Gasteiger partial charge in [0.1, 0.15) is 17.2 Å². The first kappa shape index (κ1) is 16.1. The molecule has 2 aromatic heterocycles. The Balaban J connectivity index is 1.85. The van der Waals surface area contributed by atoms with Gasteiger partial charge in [0.05, 0.1) is 17.6 Å². The lowest BCUT2D eigenvalue weighted by molar-refractivity contribution is 0.306. The van der Waals surface area contributed by atoms with Crippen LogP contribution in [0.1, 0.15) is 23.9 Å². The van der Waals surface area contributed by atoms with Crippen LogP contribution in [0.25, 0.3) is 5.82 Å². The standard InChI is InChI=1S/C14H14N8O3/c1-7(17-16-6-9-3-4-10(23)5-11(9)24)12-8(2)22(21-18-12)14-13(15)19-25-20-14/h3-6,23-24H,1-2H3,(H2,15,19)/b16-6+,17-7?. The van der Waals surface area contributed by atoms with Crippen LogP contribution in [0.4, 0.5) is 5.82 Å². The number of nitrogens with zero attached hydrogens (tertiary/aromatic N) is 7. The molecule has 0 unspecified atom stereocenters. The minimum Gasteiger partial charge on any atom is -0.508 e. The third-order valence-corrected chi connectivity index (χ3v) is 3.35. The molecule has 0 fully saturated rings. The summed E-state index contributed by atoms with van der Waals surface area (Å²) in [4.78, 5) is 0. The lowest BCUT2D eigenvalue weighted by Crippen LogP contribution is -2.04. The molecule has 0 aliphatic heterocycles. The second kappa shape index (κ2) is 6.39. The van der Waals surface area contributed by atoms with Crippen LogP contribution in [0.5, 0.6) is 11.5 Å². The molecular weight excluding hydrogens is 328 g/mol. The van der Waals surface area contributed by atoms with Gasteiger partial charge in [-0.25, -0.2) is 4.63 Å². The minimum atomic E-state index is -0.104. The summed E-state index contributed by atoms with van der Waals surface area (Å²) in [5, 5.41) is 42.0. The normalized spacial score (nSPS) is 12.2. The van der Waals surface area contributed by atoms with Crippen LogP contribution >= 0.6 is 0 Å². The Kier molecular flexibility index (Phi) is 4.12. The van der Waals surface area contributed by atoms with E-state index >= 15 is 0 Å². The molecule has 0 saturated heterocycles. The van der Waals surface area contributed by atoms with Crippen molar-refractivity contribution in [2.24, 2.45) is 10.2 Å². The Morgan fingerprint density at radius 1 is 1.32 bits per heavy atom. The molecular formula is C14H14N8O3. The fraction of sp³-hybridized carbons (Fsp3) is 0.143. The van der Waals surface area contributed by atoms with E-state index in [0.29, 0.717) is 22.7 Å². The van der Waals surface area contributed by atoms with Crippen LogP contribution in [0.3, 0.4) is 0 Å². The van der Waals surface area contributed by atoms with E-state index in [1.54, 1.807) is 13.8 Å². The predicted molar refractivity (Wildman–Crippen MR) is 87.9 cm³/mol. The first-order valence-corrected chi connectivity index (χ1v) is 7.08. The number of aromatic nitrogens is 5. The summed E-state index contributed by atoms with van der Waals surface area (Å²) in [6, 6.07) is 4.16. The van der Waals surface area contributed by atoms with Crippen LogP contribution in [0, 0.1) is 6.92 Å². The maximum Gasteiger partial charge on any atom is 0.243 e. The number of hydrogen-bond acceptors (Lipinski definition) is 10. The largest absolute Gasteiger partial charge is 0.508 e. The van der Waals surface area contributed by atoms with E-state index in [-0.39, 0.29) is 23.1 Å². The molecule has 0 aliphatic carbocycles. The number of benzene rings is 1. The Bertz CT molecular complexity index is 972. The number of aromatic hydroxyl groups is 2. The van der Waals surface area contributed by atoms with Crippen molar-refractivity contribution in [1.29, 1.82) is 0 Å². The van der Waals surface area contributed by atoms with E-state index in [1.165, 1.54) is 29.1 Å². The van der Waals surface area contributed by atoms with E-state index in [0.717, 1.165) is 0 Å². The predicted octanol–water partition coefficient (Wildman–Crippen LogP) is 0.795. The zero-order chi connectivity index (χ0) is 18.0. The van der Waals surface area contributed by atoms with Crippen LogP contribution in [0.2, 0.25) is 0 Å². The van der Waals surface area contributed by atoms with Crippen molar-refractivity contribution in [1.82, 2.24) is 25.3 Å². The minimum absolute atomic E-state index is 0.0387. The van der Waals surface area contributed by atoms with Crippen molar-refractivity contribution in [2.75, 3.05) is 5.73 Å². The molecule has 3 rings (SSSR count). The highest BCUT2D eigenvalue weighted by atomic mass is 16.6. The summed E-state index contributed by atoms with van der Waals surface area (Å²) in [5.74, 6) is 0.187. The number of hydrogen-bond donors (Lipinski definition) is 3. The van der Waals surface area contributed by atoms with Crippen molar-refractivity contribution < 1.29 is 14.8 Å². The average Bonchev–Trinajstić information content (AvgIpc) is 3.15. The summed E-state index contributed by atoms with van der Waals surface area (Å²) < 4.78 is 5.93. The van der Waals surface area contributed by atoms with Gasteiger partial charge in [-0.2, -0.15) is 14.9 Å². The number of anilines is 1. The molecule has 0 atom stereocenters. The fourth-order valence-corrected chi connectivity index (χ4v) is 2.07. The number of rotatable bonds is 4. The zero-order valence-corrected chi connectivity index (χ0v) is 13.3. The van der Waals surface area contributed by atoms with Crippen molar-refractivity contribution >= 4 is 17.7 Å². The third kappa shape index (κ3) is 3.15. The molecule has 25 heavy (non-hydrogen) atoms. The van der Waals surface area contributed by atoms with Gasteiger partial charge in [0, 0.05) is 11.6 Å². The molecule has 3 aromatic rings. The topological polar surface area (TPSA) is 161 Å². The van der Waals surface area contributed by atoms with Gasteiger partial charge in [-0.3, -0.25) is 0 Å². The van der Waals surface area contributed by atoms with E-state index < -0.39 is 0 Å². The molecule has 0 bridgehead atoms. The zero-order valence-electron chi connectivity index (χ0n) is 13.3. The molecule has 0 radical (unpaired) electrons. The van der Waals surface area contributed by atoms with Gasteiger partial charge in [0.25, 0.3) is 0 Å². The van der Waals surface area contributed by atoms with Crippen LogP contribution in [-0.2, 0) is 0 Å². The smallest absolute Gasteiger partial charge is 0.243 e. The average molecular weight is 342 g/mol. The fourth-order valence-electron chi connectivity index (χ4n) is 2.07. The molecule has 0 amide bonds. The van der Waals surface area contributed by atoms with Crippen LogP contribution in [-0.4, -0.2) is 47.4 Å². The number of phenolic OH excluding ortho intramolecular Hbond substituents is 2. The molecule has 0 spiro atoms. The maximum atomic E-state index is 9.69. The van der Waals surface area contributed by atoms with Gasteiger partial charge in [0.15, 0.2) is 0 Å². The molecule has 11 heteroatoms. The highest BCUT2D eigenvalue weighted by molar-refractivity contribution is 5.98. The van der Waals surface area contributed by atoms with E-state index in [9.17, 15) is 10.2 Å². The van der Waals surface area contributed by atoms with E-state index in [4.69, 9.17) is 5.73 Å². The maximum absolute atomic E-state index is 9.69. The molecule has 11 nitrogen and oxygen atoms in total. The quantitative estimate of drug-likeness (QED) is 0.463. The summed E-state index contributed by atoms with van der Waals surface area (Å²) in [7, 11) is 0. The van der Waals surface area contributed by atoms with E-state index in [1.807, 2.05) is 0 Å². The number of nitrogens with two attached hydrogens (primary N) is 1. The summed E-state index contributed by atoms with van der Waals surface area (Å²) in [5.41, 5.74) is 7.68. The number of phenols is 2. The van der Waals surface area contributed by atoms with Crippen molar-refractivity contribution in [2.45, 2.75) is 13.8 Å². The molecule has 0 saturated carbocycles. The van der Waals surface area contributed by atoms with Gasteiger partial charge in [-0.15, -0.1) is 5.10 Å². The molecule has 128 valence electrons. The monoisotopic (exact) mass is 342 g/mol. The molecule has 1 aromatic carbocycles. The van der Waals surface area contributed by atoms with E-state index in [2.05, 4.69) is 35.5 Å². The lowest BCUT2D eigenvalue weighted by Gasteiger charge is -1.99. The van der Waals surface area contributed by atoms with Crippen molar-refractivity contribution in [3.63, 3.8) is 0 Å². The highest BCUT2D eigenvalue weighted by Crippen LogP contribution is 2.21. The number of nitrogen functional groups attached to an aromatic ring is 1. The summed E-state index contributed by atoms with van der Waals surface area (Å²) in [6.45, 7) is 3.47. The summed E-state index contributed by atoms with van der Waals surface area (Å²) in [6.07, 6.45) is 1.36. The first-order chi connectivity index (χ1) is 12.0. The Morgan fingerprint density at radius 2 is 2.12 bits per heavy atom. The van der Waals surface area contributed by atoms with Gasteiger partial charge in [0.2, 0.25) is 11.6 Å². The Labute approximate surface area is 141 Å². The van der Waals surface area contributed by atoms with Gasteiger partial charge < -0.3 is 15.9 Å².